The van der Waals surface area contributed by atoms with Crippen LogP contribution in [-0.2, 0) is 17.8 Å². The number of hydrogen-bond donors (Lipinski definition) is 1. The Bertz CT molecular complexity index is 1160. The van der Waals surface area contributed by atoms with E-state index in [0.717, 1.165) is 44.0 Å². The highest BCUT2D eigenvalue weighted by atomic mass is 16.5. The molecule has 1 saturated heterocycles. The first-order chi connectivity index (χ1) is 17.2. The van der Waals surface area contributed by atoms with Crippen molar-refractivity contribution in [2.75, 3.05) is 32.8 Å². The predicted octanol–water partition coefficient (Wildman–Crippen LogP) is 3.83. The number of carbonyl (C=O) groups is 2. The van der Waals surface area contributed by atoms with E-state index in [1.807, 2.05) is 53.4 Å². The molecule has 1 N–H and O–H groups in total. The number of amides is 2. The Morgan fingerprint density at radius 1 is 0.886 bits per heavy atom. The minimum Gasteiger partial charge on any atom is -0.493 e. The fourth-order valence-corrected chi connectivity index (χ4v) is 4.82. The summed E-state index contributed by atoms with van der Waals surface area (Å²) in [6.07, 6.45) is 1.22. The highest BCUT2D eigenvalue weighted by Crippen LogP contribution is 2.26. The van der Waals surface area contributed by atoms with Gasteiger partial charge < -0.3 is 15.0 Å². The molecule has 2 aliphatic rings. The van der Waals surface area contributed by atoms with Gasteiger partial charge in [-0.25, -0.2) is 0 Å². The molecule has 5 rings (SSSR count). The number of hydrogen-bond acceptors (Lipinski definition) is 4. The molecule has 0 spiro atoms. The van der Waals surface area contributed by atoms with Gasteiger partial charge in [0.05, 0.1) is 19.1 Å². The fourth-order valence-electron chi connectivity index (χ4n) is 4.82. The summed E-state index contributed by atoms with van der Waals surface area (Å²) in [5.41, 5.74) is 4.11. The third-order valence-electron chi connectivity index (χ3n) is 6.81. The van der Waals surface area contributed by atoms with Gasteiger partial charge in [-0.3, -0.25) is 14.5 Å². The summed E-state index contributed by atoms with van der Waals surface area (Å²) < 4.78 is 5.61. The average molecular weight is 470 g/mol. The van der Waals surface area contributed by atoms with E-state index >= 15 is 0 Å². The van der Waals surface area contributed by atoms with Crippen LogP contribution in [0.4, 0.5) is 0 Å². The van der Waals surface area contributed by atoms with Crippen molar-refractivity contribution in [3.8, 4) is 5.75 Å². The van der Waals surface area contributed by atoms with Crippen LogP contribution in [-0.4, -0.2) is 54.4 Å². The molecule has 2 amide bonds. The molecule has 1 unspecified atom stereocenters. The van der Waals surface area contributed by atoms with Crippen LogP contribution in [0, 0.1) is 0 Å². The number of ether oxygens (including phenoxy) is 1. The first kappa shape index (κ1) is 23.1. The van der Waals surface area contributed by atoms with Crippen LogP contribution in [0.15, 0.2) is 78.9 Å². The molecule has 180 valence electrons. The molecular formula is C29H31N3O3. The van der Waals surface area contributed by atoms with Crippen LogP contribution in [0.25, 0.3) is 0 Å². The highest BCUT2D eigenvalue weighted by molar-refractivity contribution is 5.94. The van der Waals surface area contributed by atoms with Crippen molar-refractivity contribution in [1.29, 1.82) is 0 Å². The van der Waals surface area contributed by atoms with E-state index in [9.17, 15) is 9.59 Å². The zero-order chi connectivity index (χ0) is 24.0. The van der Waals surface area contributed by atoms with Crippen molar-refractivity contribution < 1.29 is 14.3 Å². The lowest BCUT2D eigenvalue weighted by molar-refractivity contribution is -0.133. The molecule has 2 aliphatic heterocycles. The lowest BCUT2D eigenvalue weighted by Crippen LogP contribution is -2.49. The van der Waals surface area contributed by atoms with E-state index in [1.165, 1.54) is 11.1 Å². The summed E-state index contributed by atoms with van der Waals surface area (Å²) in [6.45, 7) is 4.73. The van der Waals surface area contributed by atoms with Gasteiger partial charge in [-0.1, -0.05) is 60.7 Å². The molecule has 0 bridgehead atoms. The Morgan fingerprint density at radius 2 is 1.60 bits per heavy atom. The second-order valence-corrected chi connectivity index (χ2v) is 9.20. The number of benzene rings is 3. The molecule has 0 aliphatic carbocycles. The Balaban J connectivity index is 1.18. The lowest BCUT2D eigenvalue weighted by Gasteiger charge is -2.35. The van der Waals surface area contributed by atoms with E-state index in [0.29, 0.717) is 18.7 Å². The first-order valence-electron chi connectivity index (χ1n) is 12.3. The first-order valence-corrected chi connectivity index (χ1v) is 12.3. The van der Waals surface area contributed by atoms with Crippen molar-refractivity contribution >= 4 is 11.8 Å². The standard InChI is InChI=1S/C29H31N3O3/c33-28(20-26(23-7-3-1-4-8-23)30-29(34)24-9-5-2-6-10-24)32-16-14-31(15-17-32)21-22-11-12-27-25(19-22)13-18-35-27/h1-12,19,26H,13-18,20-21H2,(H,30,34). The van der Waals surface area contributed by atoms with Crippen molar-refractivity contribution in [2.45, 2.75) is 25.4 Å². The van der Waals surface area contributed by atoms with Gasteiger partial charge in [0, 0.05) is 44.7 Å². The molecule has 0 radical (unpaired) electrons. The van der Waals surface area contributed by atoms with Gasteiger partial charge in [0.25, 0.3) is 5.91 Å². The molecule has 6 nitrogen and oxygen atoms in total. The average Bonchev–Trinajstić information content (AvgIpc) is 3.38. The van der Waals surface area contributed by atoms with Crippen molar-refractivity contribution in [2.24, 2.45) is 0 Å². The Labute approximate surface area is 206 Å². The number of nitrogens with one attached hydrogen (secondary N) is 1. The van der Waals surface area contributed by atoms with Gasteiger partial charge >= 0.3 is 0 Å². The summed E-state index contributed by atoms with van der Waals surface area (Å²) in [5, 5.41) is 3.07. The normalized spacial score (nSPS) is 16.3. The topological polar surface area (TPSA) is 61.9 Å². The Kier molecular flexibility index (Phi) is 7.09. The maximum absolute atomic E-state index is 13.2. The van der Waals surface area contributed by atoms with Gasteiger partial charge in [-0.15, -0.1) is 0 Å². The predicted molar refractivity (Wildman–Crippen MR) is 135 cm³/mol. The van der Waals surface area contributed by atoms with Gasteiger partial charge in [-0.05, 0) is 34.9 Å². The smallest absolute Gasteiger partial charge is 0.251 e. The number of rotatable bonds is 7. The van der Waals surface area contributed by atoms with Crippen molar-refractivity contribution in [3.05, 3.63) is 101 Å². The second-order valence-electron chi connectivity index (χ2n) is 9.20. The molecule has 1 atom stereocenters. The molecular weight excluding hydrogens is 438 g/mol. The number of carbonyl (C=O) groups excluding carboxylic acids is 2. The molecule has 3 aromatic rings. The summed E-state index contributed by atoms with van der Waals surface area (Å²) in [6, 6.07) is 25.0. The largest absolute Gasteiger partial charge is 0.493 e. The van der Waals surface area contributed by atoms with Gasteiger partial charge in [-0.2, -0.15) is 0 Å². The Morgan fingerprint density at radius 3 is 2.34 bits per heavy atom. The number of piperazine rings is 1. The summed E-state index contributed by atoms with van der Waals surface area (Å²) >= 11 is 0. The highest BCUT2D eigenvalue weighted by Gasteiger charge is 2.26. The van der Waals surface area contributed by atoms with Crippen LogP contribution < -0.4 is 10.1 Å². The number of fused-ring (bicyclic) bond motifs is 1. The van der Waals surface area contributed by atoms with Gasteiger partial charge in [0.15, 0.2) is 0 Å². The van der Waals surface area contributed by atoms with E-state index in [1.54, 1.807) is 12.1 Å². The van der Waals surface area contributed by atoms with Gasteiger partial charge in [0.2, 0.25) is 5.91 Å². The van der Waals surface area contributed by atoms with Crippen LogP contribution in [0.5, 0.6) is 5.75 Å². The summed E-state index contributed by atoms with van der Waals surface area (Å²) in [4.78, 5) is 30.4. The summed E-state index contributed by atoms with van der Waals surface area (Å²) in [7, 11) is 0. The quantitative estimate of drug-likeness (QED) is 0.571. The third-order valence-corrected chi connectivity index (χ3v) is 6.81. The molecule has 2 heterocycles. The maximum atomic E-state index is 13.2. The van der Waals surface area contributed by atoms with Gasteiger partial charge in [0.1, 0.15) is 5.75 Å². The van der Waals surface area contributed by atoms with Crippen LogP contribution in [0.2, 0.25) is 0 Å². The zero-order valence-corrected chi connectivity index (χ0v) is 19.9. The number of nitrogens with zero attached hydrogens (tertiary/aromatic N) is 2. The third kappa shape index (κ3) is 5.72. The minimum absolute atomic E-state index is 0.0709. The van der Waals surface area contributed by atoms with E-state index in [4.69, 9.17) is 4.74 Å². The SMILES string of the molecule is O=C(NC(CC(=O)N1CCN(Cc2ccc3c(c2)CCO3)CC1)c1ccccc1)c1ccccc1. The molecule has 1 fully saturated rings. The van der Waals surface area contributed by atoms with Crippen LogP contribution in [0.1, 0.15) is 39.5 Å². The van der Waals surface area contributed by atoms with Crippen LogP contribution >= 0.6 is 0 Å². The maximum Gasteiger partial charge on any atom is 0.251 e. The molecule has 0 saturated carbocycles. The zero-order valence-electron chi connectivity index (χ0n) is 19.9. The molecule has 35 heavy (non-hydrogen) atoms. The monoisotopic (exact) mass is 469 g/mol. The lowest BCUT2D eigenvalue weighted by atomic mass is 10.0. The summed E-state index contributed by atoms with van der Waals surface area (Å²) in [5.74, 6) is 0.912. The molecule has 3 aromatic carbocycles. The Hall–Kier alpha value is -3.64. The van der Waals surface area contributed by atoms with E-state index in [-0.39, 0.29) is 24.3 Å². The van der Waals surface area contributed by atoms with E-state index < -0.39 is 0 Å². The minimum atomic E-state index is -0.372. The van der Waals surface area contributed by atoms with Crippen molar-refractivity contribution in [3.63, 3.8) is 0 Å². The molecule has 6 heteroatoms. The van der Waals surface area contributed by atoms with E-state index in [2.05, 4.69) is 28.4 Å². The second kappa shape index (κ2) is 10.7. The van der Waals surface area contributed by atoms with Crippen LogP contribution in [0.3, 0.4) is 0 Å². The molecule has 0 aromatic heterocycles. The van der Waals surface area contributed by atoms with Crippen molar-refractivity contribution in [1.82, 2.24) is 15.1 Å². The fraction of sp³-hybridized carbons (Fsp3) is 0.310.